The van der Waals surface area contributed by atoms with Crippen molar-refractivity contribution in [2.24, 2.45) is 0 Å². The Hall–Kier alpha value is -3.04. The van der Waals surface area contributed by atoms with Crippen molar-refractivity contribution in [3.8, 4) is 17.6 Å². The third kappa shape index (κ3) is 4.72. The van der Waals surface area contributed by atoms with Crippen LogP contribution in [0.2, 0.25) is 0 Å². The van der Waals surface area contributed by atoms with E-state index in [4.69, 9.17) is 14.7 Å². The van der Waals surface area contributed by atoms with Gasteiger partial charge in [-0.15, -0.1) is 0 Å². The van der Waals surface area contributed by atoms with Crippen LogP contribution < -0.4 is 14.8 Å². The molecular weight excluding hydrogens is 320 g/mol. The predicted octanol–water partition coefficient (Wildman–Crippen LogP) is 3.03. The van der Waals surface area contributed by atoms with Crippen LogP contribution in [0.1, 0.15) is 30.1 Å². The first-order valence-electron chi connectivity index (χ1n) is 7.78. The summed E-state index contributed by atoms with van der Waals surface area (Å²) in [6.45, 7) is 0. The summed E-state index contributed by atoms with van der Waals surface area (Å²) in [5, 5.41) is 22.1. The van der Waals surface area contributed by atoms with Crippen molar-refractivity contribution >= 4 is 11.6 Å². The third-order valence-corrected chi connectivity index (χ3v) is 3.77. The third-order valence-electron chi connectivity index (χ3n) is 3.77. The summed E-state index contributed by atoms with van der Waals surface area (Å²) in [5.41, 5.74) is 1.45. The largest absolute Gasteiger partial charge is 0.497 e. The van der Waals surface area contributed by atoms with Gasteiger partial charge in [0, 0.05) is 18.1 Å². The van der Waals surface area contributed by atoms with Gasteiger partial charge in [0.1, 0.15) is 17.6 Å². The van der Waals surface area contributed by atoms with Crippen molar-refractivity contribution in [1.82, 2.24) is 0 Å². The quantitative estimate of drug-likeness (QED) is 0.808. The van der Waals surface area contributed by atoms with Gasteiger partial charge in [-0.1, -0.05) is 12.1 Å². The lowest BCUT2D eigenvalue weighted by molar-refractivity contribution is -0.116. The van der Waals surface area contributed by atoms with Crippen molar-refractivity contribution in [2.45, 2.75) is 18.9 Å². The number of aliphatic hydroxyl groups is 1. The summed E-state index contributed by atoms with van der Waals surface area (Å²) in [7, 11) is 3.06. The van der Waals surface area contributed by atoms with Gasteiger partial charge >= 0.3 is 0 Å². The molecule has 0 fully saturated rings. The number of anilines is 1. The van der Waals surface area contributed by atoms with E-state index in [1.165, 1.54) is 7.11 Å². The standard InChI is InChI=1S/C19H20N2O4/c1-24-14-7-8-15(18(11-14)25-2)17(22)9-10-19(23)21-16-6-4-3-5-13(16)12-20/h3-8,11,17,22H,9-10H2,1-2H3,(H,21,23). The highest BCUT2D eigenvalue weighted by Crippen LogP contribution is 2.31. The van der Waals surface area contributed by atoms with Crippen LogP contribution in [0.15, 0.2) is 42.5 Å². The minimum absolute atomic E-state index is 0.107. The van der Waals surface area contributed by atoms with Crippen LogP contribution in [0.4, 0.5) is 5.69 Å². The molecule has 0 aliphatic heterocycles. The topological polar surface area (TPSA) is 91.6 Å². The van der Waals surface area contributed by atoms with Crippen LogP contribution in [0.5, 0.6) is 11.5 Å². The number of nitrogens with zero attached hydrogens (tertiary/aromatic N) is 1. The molecule has 0 aromatic heterocycles. The lowest BCUT2D eigenvalue weighted by Crippen LogP contribution is -2.14. The summed E-state index contributed by atoms with van der Waals surface area (Å²) in [4.78, 5) is 12.1. The van der Waals surface area contributed by atoms with Gasteiger partial charge in [-0.3, -0.25) is 4.79 Å². The second kappa shape index (κ2) is 8.71. The molecule has 0 bridgehead atoms. The van der Waals surface area contributed by atoms with E-state index in [1.54, 1.807) is 49.6 Å². The molecule has 25 heavy (non-hydrogen) atoms. The van der Waals surface area contributed by atoms with Crippen molar-refractivity contribution in [3.05, 3.63) is 53.6 Å². The molecule has 1 amide bonds. The van der Waals surface area contributed by atoms with Crippen molar-refractivity contribution in [1.29, 1.82) is 5.26 Å². The van der Waals surface area contributed by atoms with Gasteiger partial charge in [-0.05, 0) is 30.7 Å². The molecule has 0 aliphatic rings. The minimum Gasteiger partial charge on any atom is -0.497 e. The lowest BCUT2D eigenvalue weighted by atomic mass is 10.0. The van der Waals surface area contributed by atoms with Gasteiger partial charge < -0.3 is 19.9 Å². The number of para-hydroxylation sites is 1. The molecular formula is C19H20N2O4. The van der Waals surface area contributed by atoms with Gasteiger partial charge in [0.25, 0.3) is 0 Å². The fourth-order valence-corrected chi connectivity index (χ4v) is 2.42. The summed E-state index contributed by atoms with van der Waals surface area (Å²) in [6.07, 6.45) is -0.517. The highest BCUT2D eigenvalue weighted by Gasteiger charge is 2.16. The fourth-order valence-electron chi connectivity index (χ4n) is 2.42. The maximum absolute atomic E-state index is 12.1. The zero-order valence-electron chi connectivity index (χ0n) is 14.2. The summed E-state index contributed by atoms with van der Waals surface area (Å²) in [5.74, 6) is 0.856. The number of ether oxygens (including phenoxy) is 2. The first-order valence-corrected chi connectivity index (χ1v) is 7.78. The number of benzene rings is 2. The van der Waals surface area contributed by atoms with E-state index in [-0.39, 0.29) is 18.7 Å². The van der Waals surface area contributed by atoms with Gasteiger partial charge in [0.2, 0.25) is 5.91 Å². The predicted molar refractivity (Wildman–Crippen MR) is 93.5 cm³/mol. The molecule has 0 heterocycles. The first-order chi connectivity index (χ1) is 12.1. The number of nitriles is 1. The van der Waals surface area contributed by atoms with E-state index < -0.39 is 6.10 Å². The second-order valence-electron chi connectivity index (χ2n) is 5.37. The van der Waals surface area contributed by atoms with E-state index in [1.807, 2.05) is 6.07 Å². The Morgan fingerprint density at radius 3 is 2.68 bits per heavy atom. The number of hydrogen-bond acceptors (Lipinski definition) is 5. The van der Waals surface area contributed by atoms with Gasteiger partial charge in [-0.2, -0.15) is 5.26 Å². The first kappa shape index (κ1) is 18.3. The molecule has 0 radical (unpaired) electrons. The number of carbonyl (C=O) groups excluding carboxylic acids is 1. The van der Waals surface area contributed by atoms with E-state index >= 15 is 0 Å². The van der Waals surface area contributed by atoms with Crippen LogP contribution in [0.3, 0.4) is 0 Å². The average molecular weight is 340 g/mol. The lowest BCUT2D eigenvalue weighted by Gasteiger charge is -2.15. The smallest absolute Gasteiger partial charge is 0.224 e. The van der Waals surface area contributed by atoms with Gasteiger partial charge in [0.05, 0.1) is 31.6 Å². The Kier molecular flexibility index (Phi) is 6.38. The molecule has 0 spiro atoms. The van der Waals surface area contributed by atoms with Crippen LogP contribution in [-0.2, 0) is 4.79 Å². The second-order valence-corrected chi connectivity index (χ2v) is 5.37. The molecule has 0 saturated heterocycles. The monoisotopic (exact) mass is 340 g/mol. The maximum Gasteiger partial charge on any atom is 0.224 e. The number of carbonyl (C=O) groups is 1. The molecule has 6 heteroatoms. The Bertz CT molecular complexity index is 783. The molecule has 6 nitrogen and oxygen atoms in total. The van der Waals surface area contributed by atoms with Gasteiger partial charge in [-0.25, -0.2) is 0 Å². The highest BCUT2D eigenvalue weighted by molar-refractivity contribution is 5.92. The molecule has 1 unspecified atom stereocenters. The number of hydrogen-bond donors (Lipinski definition) is 2. The van der Waals surface area contributed by atoms with E-state index in [2.05, 4.69) is 5.32 Å². The number of aliphatic hydroxyl groups excluding tert-OH is 1. The number of amides is 1. The highest BCUT2D eigenvalue weighted by atomic mass is 16.5. The van der Waals surface area contributed by atoms with Gasteiger partial charge in [0.15, 0.2) is 0 Å². The molecule has 0 saturated carbocycles. The van der Waals surface area contributed by atoms with Crippen LogP contribution in [-0.4, -0.2) is 25.2 Å². The van der Waals surface area contributed by atoms with Crippen molar-refractivity contribution in [2.75, 3.05) is 19.5 Å². The van der Waals surface area contributed by atoms with E-state index in [9.17, 15) is 9.90 Å². The summed E-state index contributed by atoms with van der Waals surface area (Å²) in [6, 6.07) is 13.9. The normalized spacial score (nSPS) is 11.3. The zero-order chi connectivity index (χ0) is 18.2. The fraction of sp³-hybridized carbons (Fsp3) is 0.263. The molecule has 2 rings (SSSR count). The van der Waals surface area contributed by atoms with Crippen molar-refractivity contribution in [3.63, 3.8) is 0 Å². The number of nitrogens with one attached hydrogen (secondary N) is 1. The Labute approximate surface area is 146 Å². The van der Waals surface area contributed by atoms with Crippen LogP contribution in [0, 0.1) is 11.3 Å². The molecule has 2 aromatic carbocycles. The average Bonchev–Trinajstić information content (AvgIpc) is 2.65. The van der Waals surface area contributed by atoms with Crippen molar-refractivity contribution < 1.29 is 19.4 Å². The Morgan fingerprint density at radius 2 is 2.00 bits per heavy atom. The number of rotatable bonds is 7. The summed E-state index contributed by atoms with van der Waals surface area (Å²) >= 11 is 0. The maximum atomic E-state index is 12.1. The molecule has 1 atom stereocenters. The molecule has 2 aromatic rings. The van der Waals surface area contributed by atoms with E-state index in [0.29, 0.717) is 28.3 Å². The van der Waals surface area contributed by atoms with Crippen LogP contribution >= 0.6 is 0 Å². The van der Waals surface area contributed by atoms with Crippen LogP contribution in [0.25, 0.3) is 0 Å². The summed E-state index contributed by atoms with van der Waals surface area (Å²) < 4.78 is 10.4. The van der Waals surface area contributed by atoms with E-state index in [0.717, 1.165) is 0 Å². The molecule has 130 valence electrons. The number of methoxy groups -OCH3 is 2. The minimum atomic E-state index is -0.849. The zero-order valence-corrected chi connectivity index (χ0v) is 14.2. The SMILES string of the molecule is COc1ccc(C(O)CCC(=O)Nc2ccccc2C#N)c(OC)c1. The Balaban J connectivity index is 1.99. The molecule has 2 N–H and O–H groups in total. The molecule has 0 aliphatic carbocycles. The Morgan fingerprint density at radius 1 is 1.24 bits per heavy atom.